The third kappa shape index (κ3) is 2.88. The number of anilines is 1. The molecule has 1 aliphatic heterocycles. The Kier molecular flexibility index (Phi) is 4.03. The van der Waals surface area contributed by atoms with Crippen molar-refractivity contribution in [2.75, 3.05) is 11.1 Å². The second-order valence-electron chi connectivity index (χ2n) is 6.40. The first-order chi connectivity index (χ1) is 12.4. The zero-order valence-electron chi connectivity index (χ0n) is 15.0. The molecule has 0 saturated heterocycles. The van der Waals surface area contributed by atoms with Crippen molar-refractivity contribution < 1.29 is 4.79 Å². The molecule has 4 heterocycles. The summed E-state index contributed by atoms with van der Waals surface area (Å²) < 4.78 is 3.40. The summed E-state index contributed by atoms with van der Waals surface area (Å²) in [6, 6.07) is 1.91. The zero-order valence-corrected chi connectivity index (χ0v) is 15.8. The average Bonchev–Trinajstić information content (AvgIpc) is 3.07. The first-order valence-electron chi connectivity index (χ1n) is 8.24. The van der Waals surface area contributed by atoms with Crippen LogP contribution < -0.4 is 5.32 Å². The Balaban J connectivity index is 1.91. The topological polar surface area (TPSA) is 90.5 Å². The molecule has 134 valence electrons. The van der Waals surface area contributed by atoms with Gasteiger partial charge in [0.05, 0.1) is 22.9 Å². The van der Waals surface area contributed by atoms with Crippen LogP contribution in [0.1, 0.15) is 33.5 Å². The van der Waals surface area contributed by atoms with Crippen molar-refractivity contribution in [3.63, 3.8) is 0 Å². The second kappa shape index (κ2) is 6.24. The number of amides is 1. The minimum Gasteiger partial charge on any atom is -0.309 e. The average molecular weight is 369 g/mol. The normalized spacial score (nSPS) is 16.9. The van der Waals surface area contributed by atoms with Crippen LogP contribution in [0.15, 0.2) is 18.5 Å². The molecule has 1 atom stereocenters. The molecule has 1 unspecified atom stereocenters. The maximum atomic E-state index is 12.3. The van der Waals surface area contributed by atoms with Gasteiger partial charge in [-0.15, -0.1) is 11.8 Å². The molecule has 0 radical (unpaired) electrons. The van der Waals surface area contributed by atoms with Gasteiger partial charge in [-0.1, -0.05) is 0 Å². The van der Waals surface area contributed by atoms with Crippen molar-refractivity contribution in [3.05, 3.63) is 46.7 Å². The van der Waals surface area contributed by atoms with E-state index in [0.29, 0.717) is 17.5 Å². The van der Waals surface area contributed by atoms with Crippen LogP contribution in [0.3, 0.4) is 0 Å². The predicted octanol–water partition coefficient (Wildman–Crippen LogP) is 2.10. The Morgan fingerprint density at radius 1 is 1.23 bits per heavy atom. The first kappa shape index (κ1) is 16.8. The van der Waals surface area contributed by atoms with Gasteiger partial charge in [0.15, 0.2) is 0 Å². The van der Waals surface area contributed by atoms with Gasteiger partial charge in [0, 0.05) is 35.8 Å². The summed E-state index contributed by atoms with van der Waals surface area (Å²) in [7, 11) is 1.88. The molecule has 0 spiro atoms. The third-order valence-corrected chi connectivity index (χ3v) is 5.47. The van der Waals surface area contributed by atoms with Gasteiger partial charge in [-0.2, -0.15) is 14.9 Å². The van der Waals surface area contributed by atoms with Gasteiger partial charge in [-0.3, -0.25) is 9.48 Å². The SMILES string of the molecule is Cc1cc(C)nc(-n2nc(C)c3c2NC(=O)CSC3c2cnn(C)c2)n1. The highest BCUT2D eigenvalue weighted by atomic mass is 32.2. The molecule has 3 aromatic heterocycles. The van der Waals surface area contributed by atoms with Crippen LogP contribution in [0.5, 0.6) is 0 Å². The Bertz CT molecular complexity index is 986. The summed E-state index contributed by atoms with van der Waals surface area (Å²) in [4.78, 5) is 21.3. The number of nitrogens with one attached hydrogen (secondary N) is 1. The number of hydrogen-bond acceptors (Lipinski definition) is 6. The number of carbonyl (C=O) groups is 1. The molecule has 9 heteroatoms. The molecule has 3 aromatic rings. The van der Waals surface area contributed by atoms with E-state index in [1.165, 1.54) is 0 Å². The van der Waals surface area contributed by atoms with Gasteiger partial charge in [0.1, 0.15) is 5.82 Å². The summed E-state index contributed by atoms with van der Waals surface area (Å²) in [5, 5.41) is 11.9. The van der Waals surface area contributed by atoms with E-state index in [0.717, 1.165) is 28.2 Å². The number of aromatic nitrogens is 6. The number of hydrogen-bond donors (Lipinski definition) is 1. The van der Waals surface area contributed by atoms with Gasteiger partial charge >= 0.3 is 0 Å². The van der Waals surface area contributed by atoms with E-state index in [1.54, 1.807) is 21.1 Å². The Morgan fingerprint density at radius 3 is 2.62 bits per heavy atom. The molecule has 0 bridgehead atoms. The van der Waals surface area contributed by atoms with E-state index in [9.17, 15) is 4.79 Å². The smallest absolute Gasteiger partial charge is 0.252 e. The van der Waals surface area contributed by atoms with Gasteiger partial charge < -0.3 is 5.32 Å². The molecule has 8 nitrogen and oxygen atoms in total. The lowest BCUT2D eigenvalue weighted by Crippen LogP contribution is -2.17. The lowest BCUT2D eigenvalue weighted by Gasteiger charge is -2.12. The molecule has 0 saturated carbocycles. The van der Waals surface area contributed by atoms with Crippen LogP contribution in [0.2, 0.25) is 0 Å². The van der Waals surface area contributed by atoms with E-state index in [4.69, 9.17) is 0 Å². The van der Waals surface area contributed by atoms with E-state index >= 15 is 0 Å². The Morgan fingerprint density at radius 2 is 1.96 bits per heavy atom. The van der Waals surface area contributed by atoms with Crippen LogP contribution in [-0.4, -0.2) is 41.2 Å². The molecule has 1 aliphatic rings. The number of aryl methyl sites for hydroxylation is 4. The maximum Gasteiger partial charge on any atom is 0.252 e. The van der Waals surface area contributed by atoms with Crippen molar-refractivity contribution in [1.29, 1.82) is 0 Å². The second-order valence-corrected chi connectivity index (χ2v) is 7.49. The van der Waals surface area contributed by atoms with E-state index in [1.807, 2.05) is 46.3 Å². The number of carbonyl (C=O) groups excluding carboxylic acids is 1. The Labute approximate surface area is 155 Å². The van der Waals surface area contributed by atoms with Gasteiger partial charge in [0.2, 0.25) is 5.91 Å². The highest BCUT2D eigenvalue weighted by Gasteiger charge is 2.31. The van der Waals surface area contributed by atoms with Crippen LogP contribution >= 0.6 is 11.8 Å². The molecular formula is C17H19N7OS. The molecular weight excluding hydrogens is 350 g/mol. The first-order valence-corrected chi connectivity index (χ1v) is 9.29. The largest absolute Gasteiger partial charge is 0.309 e. The van der Waals surface area contributed by atoms with Crippen molar-refractivity contribution >= 4 is 23.5 Å². The molecule has 26 heavy (non-hydrogen) atoms. The summed E-state index contributed by atoms with van der Waals surface area (Å²) >= 11 is 1.57. The third-order valence-electron chi connectivity index (χ3n) is 4.20. The lowest BCUT2D eigenvalue weighted by atomic mass is 10.1. The summed E-state index contributed by atoms with van der Waals surface area (Å²) in [6.07, 6.45) is 3.81. The van der Waals surface area contributed by atoms with Gasteiger partial charge in [0.25, 0.3) is 5.95 Å². The molecule has 0 aliphatic carbocycles. The fourth-order valence-corrected chi connectivity index (χ4v) is 4.32. The summed E-state index contributed by atoms with van der Waals surface area (Å²) in [6.45, 7) is 5.78. The molecule has 0 fully saturated rings. The highest BCUT2D eigenvalue weighted by Crippen LogP contribution is 2.43. The number of nitrogens with zero attached hydrogens (tertiary/aromatic N) is 6. The number of fused-ring (bicyclic) bond motifs is 1. The summed E-state index contributed by atoms with van der Waals surface area (Å²) in [5.74, 6) is 1.40. The van der Waals surface area contributed by atoms with Crippen LogP contribution in [0.25, 0.3) is 5.95 Å². The van der Waals surface area contributed by atoms with Gasteiger partial charge in [-0.25, -0.2) is 9.97 Å². The summed E-state index contributed by atoms with van der Waals surface area (Å²) in [5.41, 5.74) is 4.56. The standard InChI is InChI=1S/C17H19N7OS/c1-9-5-10(2)20-17(19-9)24-16-14(11(3)22-24)15(26-8-13(25)21-16)12-6-18-23(4)7-12/h5-7,15H,8H2,1-4H3,(H,21,25). The van der Waals surface area contributed by atoms with Crippen molar-refractivity contribution in [3.8, 4) is 5.95 Å². The predicted molar refractivity (Wildman–Crippen MR) is 99.5 cm³/mol. The molecule has 1 amide bonds. The lowest BCUT2D eigenvalue weighted by molar-refractivity contribution is -0.113. The van der Waals surface area contributed by atoms with E-state index < -0.39 is 0 Å². The number of thioether (sulfide) groups is 1. The van der Waals surface area contributed by atoms with Crippen molar-refractivity contribution in [2.45, 2.75) is 26.0 Å². The van der Waals surface area contributed by atoms with E-state index in [-0.39, 0.29) is 11.2 Å². The van der Waals surface area contributed by atoms with Crippen molar-refractivity contribution in [1.82, 2.24) is 29.5 Å². The van der Waals surface area contributed by atoms with Crippen molar-refractivity contribution in [2.24, 2.45) is 7.05 Å². The maximum absolute atomic E-state index is 12.3. The van der Waals surface area contributed by atoms with Crippen LogP contribution in [0.4, 0.5) is 5.82 Å². The fraction of sp³-hybridized carbons (Fsp3) is 0.353. The van der Waals surface area contributed by atoms with Gasteiger partial charge in [-0.05, 0) is 26.8 Å². The highest BCUT2D eigenvalue weighted by molar-refractivity contribution is 8.00. The van der Waals surface area contributed by atoms with E-state index in [2.05, 4.69) is 25.5 Å². The van der Waals surface area contributed by atoms with Crippen LogP contribution in [-0.2, 0) is 11.8 Å². The molecule has 0 aromatic carbocycles. The quantitative estimate of drug-likeness (QED) is 0.744. The minimum atomic E-state index is -0.0619. The Hall–Kier alpha value is -2.68. The number of rotatable bonds is 2. The molecule has 1 N–H and O–H groups in total. The zero-order chi connectivity index (χ0) is 18.4. The minimum absolute atomic E-state index is 0.0303. The fourth-order valence-electron chi connectivity index (χ4n) is 3.17. The molecule has 4 rings (SSSR count). The van der Waals surface area contributed by atoms with Crippen LogP contribution in [0, 0.1) is 20.8 Å². The monoisotopic (exact) mass is 369 g/mol.